The van der Waals surface area contributed by atoms with Crippen molar-refractivity contribution >= 4 is 17.0 Å². The van der Waals surface area contributed by atoms with E-state index in [1.807, 2.05) is 36.2 Å². The lowest BCUT2D eigenvalue weighted by molar-refractivity contribution is 0.0362. The molecule has 2 aromatic carbocycles. The van der Waals surface area contributed by atoms with Gasteiger partial charge in [-0.25, -0.2) is 4.98 Å². The average molecular weight is 378 g/mol. The molecule has 0 spiro atoms. The van der Waals surface area contributed by atoms with Gasteiger partial charge in [-0.15, -0.1) is 0 Å². The average Bonchev–Trinajstić information content (AvgIpc) is 3.16. The highest BCUT2D eigenvalue weighted by Crippen LogP contribution is 2.21. The van der Waals surface area contributed by atoms with Gasteiger partial charge in [0.15, 0.2) is 11.5 Å². The van der Waals surface area contributed by atoms with Crippen LogP contribution in [0.15, 0.2) is 52.9 Å². The smallest absolute Gasteiger partial charge is 0.253 e. The van der Waals surface area contributed by atoms with E-state index in [-0.39, 0.29) is 11.9 Å². The van der Waals surface area contributed by atoms with Crippen molar-refractivity contribution < 1.29 is 13.9 Å². The quantitative estimate of drug-likeness (QED) is 0.643. The molecule has 2 heterocycles. The molecule has 0 unspecified atom stereocenters. The van der Waals surface area contributed by atoms with Crippen LogP contribution in [-0.4, -0.2) is 42.1 Å². The zero-order chi connectivity index (χ0) is 19.3. The fraction of sp³-hybridized carbons (Fsp3) is 0.391. The minimum atomic E-state index is 0.0300. The number of nitrogens with zero attached hydrogens (tertiary/aromatic N) is 2. The van der Waals surface area contributed by atoms with Gasteiger partial charge in [-0.3, -0.25) is 4.79 Å². The molecule has 5 heteroatoms. The summed E-state index contributed by atoms with van der Waals surface area (Å²) in [5.41, 5.74) is 3.47. The van der Waals surface area contributed by atoms with E-state index in [0.717, 1.165) is 62.3 Å². The standard InChI is InChI=1S/C23H26N2O3/c1-25(19-12-14-27-15-13-19)23(26)18-10-11-21-20(16-18)24-22(28-21)9-5-8-17-6-3-2-4-7-17/h2-4,6-7,10-11,16,19H,5,8-9,12-15H2,1H3. The Hall–Kier alpha value is -2.66. The number of carbonyl (C=O) groups is 1. The van der Waals surface area contributed by atoms with Gasteiger partial charge in [0.25, 0.3) is 5.91 Å². The number of carbonyl (C=O) groups excluding carboxylic acids is 1. The third-order valence-corrected chi connectivity index (χ3v) is 5.44. The number of fused-ring (bicyclic) bond motifs is 1. The SMILES string of the molecule is CN(C(=O)c1ccc2oc(CCCc3ccccc3)nc2c1)C1CCOCC1. The van der Waals surface area contributed by atoms with Gasteiger partial charge >= 0.3 is 0 Å². The minimum absolute atomic E-state index is 0.0300. The van der Waals surface area contributed by atoms with Crippen LogP contribution >= 0.6 is 0 Å². The molecule has 0 bridgehead atoms. The van der Waals surface area contributed by atoms with Crippen molar-refractivity contribution in [3.05, 3.63) is 65.5 Å². The summed E-state index contributed by atoms with van der Waals surface area (Å²) in [6, 6.07) is 16.2. The van der Waals surface area contributed by atoms with Crippen LogP contribution in [0.25, 0.3) is 11.1 Å². The zero-order valence-corrected chi connectivity index (χ0v) is 16.3. The topological polar surface area (TPSA) is 55.6 Å². The van der Waals surface area contributed by atoms with Gasteiger partial charge in [0.2, 0.25) is 0 Å². The van der Waals surface area contributed by atoms with Crippen molar-refractivity contribution in [3.8, 4) is 0 Å². The number of aromatic nitrogens is 1. The molecule has 1 aromatic heterocycles. The molecular weight excluding hydrogens is 352 g/mol. The van der Waals surface area contributed by atoms with Gasteiger partial charge in [-0.1, -0.05) is 30.3 Å². The van der Waals surface area contributed by atoms with Gasteiger partial charge < -0.3 is 14.1 Å². The summed E-state index contributed by atoms with van der Waals surface area (Å²) >= 11 is 0. The van der Waals surface area contributed by atoms with Gasteiger partial charge in [-0.05, 0) is 49.4 Å². The third kappa shape index (κ3) is 4.25. The highest BCUT2D eigenvalue weighted by molar-refractivity contribution is 5.97. The fourth-order valence-corrected chi connectivity index (χ4v) is 3.75. The van der Waals surface area contributed by atoms with Crippen LogP contribution < -0.4 is 0 Å². The van der Waals surface area contributed by atoms with Gasteiger partial charge in [-0.2, -0.15) is 0 Å². The molecule has 5 nitrogen and oxygen atoms in total. The Morgan fingerprint density at radius 1 is 1.11 bits per heavy atom. The highest BCUT2D eigenvalue weighted by Gasteiger charge is 2.23. The Morgan fingerprint density at radius 3 is 2.68 bits per heavy atom. The lowest BCUT2D eigenvalue weighted by atomic mass is 10.1. The van der Waals surface area contributed by atoms with E-state index in [1.54, 1.807) is 0 Å². The van der Waals surface area contributed by atoms with Gasteiger partial charge in [0.05, 0.1) is 0 Å². The Labute approximate surface area is 165 Å². The summed E-state index contributed by atoms with van der Waals surface area (Å²) in [5.74, 6) is 0.760. The molecule has 0 radical (unpaired) electrons. The lowest BCUT2D eigenvalue weighted by Gasteiger charge is -2.31. The molecule has 0 saturated carbocycles. The molecule has 4 rings (SSSR count). The second-order valence-corrected chi connectivity index (χ2v) is 7.39. The Bertz CT molecular complexity index is 929. The summed E-state index contributed by atoms with van der Waals surface area (Å²) in [6.07, 6.45) is 4.54. The normalized spacial score (nSPS) is 15.0. The van der Waals surface area contributed by atoms with Crippen molar-refractivity contribution in [3.63, 3.8) is 0 Å². The Morgan fingerprint density at radius 2 is 1.89 bits per heavy atom. The van der Waals surface area contributed by atoms with E-state index in [9.17, 15) is 4.79 Å². The number of rotatable bonds is 6. The number of aryl methyl sites for hydroxylation is 2. The molecule has 28 heavy (non-hydrogen) atoms. The van der Waals surface area contributed by atoms with Crippen molar-refractivity contribution in [2.75, 3.05) is 20.3 Å². The maximum absolute atomic E-state index is 12.9. The predicted octanol–water partition coefficient (Wildman–Crippen LogP) is 4.25. The van der Waals surface area contributed by atoms with Crippen LogP contribution in [0.5, 0.6) is 0 Å². The largest absolute Gasteiger partial charge is 0.441 e. The maximum atomic E-state index is 12.9. The molecule has 1 fully saturated rings. The number of ether oxygens (including phenoxy) is 1. The van der Waals surface area contributed by atoms with Crippen LogP contribution in [0.1, 0.15) is 41.1 Å². The molecule has 1 saturated heterocycles. The third-order valence-electron chi connectivity index (χ3n) is 5.44. The first kappa shape index (κ1) is 18.7. The van der Waals surface area contributed by atoms with Crippen LogP contribution in [0.4, 0.5) is 0 Å². The van der Waals surface area contributed by atoms with Gasteiger partial charge in [0.1, 0.15) is 5.52 Å². The lowest BCUT2D eigenvalue weighted by Crippen LogP contribution is -2.40. The van der Waals surface area contributed by atoms with Crippen LogP contribution in [-0.2, 0) is 17.6 Å². The second kappa shape index (κ2) is 8.57. The molecule has 1 aliphatic heterocycles. The van der Waals surface area contributed by atoms with Crippen molar-refractivity contribution in [2.24, 2.45) is 0 Å². The van der Waals surface area contributed by atoms with Crippen molar-refractivity contribution in [1.29, 1.82) is 0 Å². The van der Waals surface area contributed by atoms with Gasteiger partial charge in [0, 0.05) is 38.3 Å². The fourth-order valence-electron chi connectivity index (χ4n) is 3.75. The van der Waals surface area contributed by atoms with E-state index in [1.165, 1.54) is 5.56 Å². The summed E-state index contributed by atoms with van der Waals surface area (Å²) in [7, 11) is 1.88. The number of hydrogen-bond donors (Lipinski definition) is 0. The zero-order valence-electron chi connectivity index (χ0n) is 16.3. The molecule has 1 aliphatic rings. The van der Waals surface area contributed by atoms with Crippen LogP contribution in [0, 0.1) is 0 Å². The predicted molar refractivity (Wildman–Crippen MR) is 108 cm³/mol. The van der Waals surface area contributed by atoms with Crippen molar-refractivity contribution in [1.82, 2.24) is 9.88 Å². The first-order valence-corrected chi connectivity index (χ1v) is 9.99. The number of benzene rings is 2. The Kier molecular flexibility index (Phi) is 5.72. The number of hydrogen-bond acceptors (Lipinski definition) is 4. The van der Waals surface area contributed by atoms with E-state index in [4.69, 9.17) is 9.15 Å². The summed E-state index contributed by atoms with van der Waals surface area (Å²) in [6.45, 7) is 1.44. The monoisotopic (exact) mass is 378 g/mol. The second-order valence-electron chi connectivity index (χ2n) is 7.39. The van der Waals surface area contributed by atoms with E-state index in [2.05, 4.69) is 29.2 Å². The molecular formula is C23H26N2O3. The summed E-state index contributed by atoms with van der Waals surface area (Å²) < 4.78 is 11.3. The van der Waals surface area contributed by atoms with E-state index >= 15 is 0 Å². The van der Waals surface area contributed by atoms with E-state index in [0.29, 0.717) is 5.56 Å². The Balaban J connectivity index is 1.41. The maximum Gasteiger partial charge on any atom is 0.253 e. The number of amides is 1. The first-order valence-electron chi connectivity index (χ1n) is 9.99. The van der Waals surface area contributed by atoms with Crippen molar-refractivity contribution in [2.45, 2.75) is 38.1 Å². The minimum Gasteiger partial charge on any atom is -0.441 e. The summed E-state index contributed by atoms with van der Waals surface area (Å²) in [4.78, 5) is 19.3. The molecule has 1 amide bonds. The van der Waals surface area contributed by atoms with Crippen LogP contribution in [0.3, 0.4) is 0 Å². The molecule has 3 aromatic rings. The molecule has 0 atom stereocenters. The molecule has 0 N–H and O–H groups in total. The number of oxazole rings is 1. The highest BCUT2D eigenvalue weighted by atomic mass is 16.5. The molecule has 0 aliphatic carbocycles. The van der Waals surface area contributed by atoms with E-state index < -0.39 is 0 Å². The molecule has 146 valence electrons. The first-order chi connectivity index (χ1) is 13.7. The summed E-state index contributed by atoms with van der Waals surface area (Å²) in [5, 5.41) is 0. The van der Waals surface area contributed by atoms with Crippen LogP contribution in [0.2, 0.25) is 0 Å².